The Bertz CT molecular complexity index is 326. The standard InChI is InChI=1S/2C8H13ClO2.Ca/c2*1-2-3-4-5-6-7(9)8(10)11;/h2*5-7H,2-4H2,1H3,(H,10,11);/q;;+2/p-2/b2*6-5+;. The summed E-state index contributed by atoms with van der Waals surface area (Å²) in [7, 11) is 0. The van der Waals surface area contributed by atoms with Gasteiger partial charge in [0.2, 0.25) is 0 Å². The van der Waals surface area contributed by atoms with Crippen LogP contribution in [-0.4, -0.2) is 60.4 Å². The molecule has 0 saturated heterocycles. The average Bonchev–Trinajstić information content (AvgIpc) is 2.48. The maximum Gasteiger partial charge on any atom is 2.00 e. The van der Waals surface area contributed by atoms with E-state index in [1.54, 1.807) is 12.2 Å². The summed E-state index contributed by atoms with van der Waals surface area (Å²) in [5.41, 5.74) is 0. The molecule has 0 aromatic rings. The number of rotatable bonds is 10. The summed E-state index contributed by atoms with van der Waals surface area (Å²) < 4.78 is 0. The summed E-state index contributed by atoms with van der Waals surface area (Å²) >= 11 is 10.7. The van der Waals surface area contributed by atoms with Crippen molar-refractivity contribution in [1.29, 1.82) is 0 Å². The van der Waals surface area contributed by atoms with E-state index in [-0.39, 0.29) is 37.7 Å². The molecule has 0 heterocycles. The Morgan fingerprint density at radius 3 is 1.39 bits per heavy atom. The first-order valence-electron chi connectivity index (χ1n) is 7.39. The molecule has 0 aromatic carbocycles. The summed E-state index contributed by atoms with van der Waals surface area (Å²) in [5, 5.41) is 18.2. The van der Waals surface area contributed by atoms with E-state index in [2.05, 4.69) is 13.8 Å². The van der Waals surface area contributed by atoms with Gasteiger partial charge in [-0.2, -0.15) is 0 Å². The van der Waals surface area contributed by atoms with Gasteiger partial charge in [-0.1, -0.05) is 63.8 Å². The van der Waals surface area contributed by atoms with Crippen LogP contribution < -0.4 is 10.2 Å². The molecule has 0 aliphatic rings. The van der Waals surface area contributed by atoms with Crippen LogP contribution in [0.2, 0.25) is 0 Å². The fourth-order valence-electron chi connectivity index (χ4n) is 1.23. The summed E-state index contributed by atoms with van der Waals surface area (Å²) in [6.45, 7) is 4.15. The van der Waals surface area contributed by atoms with Crippen molar-refractivity contribution in [3.05, 3.63) is 24.3 Å². The quantitative estimate of drug-likeness (QED) is 0.246. The number of halogens is 2. The first-order chi connectivity index (χ1) is 10.4. The molecular weight excluding hydrogens is 367 g/mol. The second kappa shape index (κ2) is 20.3. The predicted octanol–water partition coefficient (Wildman–Crippen LogP) is 1.80. The Balaban J connectivity index is -0.000000333. The minimum Gasteiger partial charge on any atom is -0.548 e. The molecule has 0 aliphatic heterocycles. The Morgan fingerprint density at radius 2 is 1.17 bits per heavy atom. The normalized spacial score (nSPS) is 13.0. The van der Waals surface area contributed by atoms with Crippen molar-refractivity contribution >= 4 is 72.9 Å². The largest absolute Gasteiger partial charge is 2.00 e. The third-order valence-electron chi connectivity index (χ3n) is 2.51. The molecule has 0 fully saturated rings. The van der Waals surface area contributed by atoms with E-state index in [4.69, 9.17) is 23.2 Å². The van der Waals surface area contributed by atoms with Gasteiger partial charge >= 0.3 is 37.7 Å². The molecule has 0 spiro atoms. The molecule has 23 heavy (non-hydrogen) atoms. The van der Waals surface area contributed by atoms with Crippen molar-refractivity contribution in [3.8, 4) is 0 Å². The molecule has 7 heteroatoms. The number of carboxylic acid groups (broad SMARTS) is 2. The molecule has 0 saturated carbocycles. The van der Waals surface area contributed by atoms with Gasteiger partial charge < -0.3 is 19.8 Å². The van der Waals surface area contributed by atoms with Gasteiger partial charge in [0, 0.05) is 0 Å². The molecule has 0 N–H and O–H groups in total. The zero-order chi connectivity index (χ0) is 17.4. The number of hydrogen-bond donors (Lipinski definition) is 0. The maximum absolute atomic E-state index is 10.1. The van der Waals surface area contributed by atoms with E-state index in [0.717, 1.165) is 38.5 Å². The van der Waals surface area contributed by atoms with Crippen molar-refractivity contribution in [1.82, 2.24) is 0 Å². The minimum atomic E-state index is -1.24. The number of aliphatic carboxylic acids is 2. The van der Waals surface area contributed by atoms with E-state index in [1.807, 2.05) is 0 Å². The third kappa shape index (κ3) is 22.3. The van der Waals surface area contributed by atoms with Crippen LogP contribution in [0.15, 0.2) is 24.3 Å². The number of unbranched alkanes of at least 4 members (excludes halogenated alkanes) is 4. The van der Waals surface area contributed by atoms with E-state index >= 15 is 0 Å². The molecule has 128 valence electrons. The van der Waals surface area contributed by atoms with Gasteiger partial charge in [-0.3, -0.25) is 0 Å². The van der Waals surface area contributed by atoms with Crippen molar-refractivity contribution in [2.24, 2.45) is 0 Å². The Labute approximate surface area is 178 Å². The van der Waals surface area contributed by atoms with Gasteiger partial charge in [-0.15, -0.1) is 23.2 Å². The van der Waals surface area contributed by atoms with E-state index in [9.17, 15) is 19.8 Å². The summed E-state index contributed by atoms with van der Waals surface area (Å²) in [6, 6.07) is 0. The second-order valence-electron chi connectivity index (χ2n) is 4.58. The Hall–Kier alpha value is 0.260. The zero-order valence-electron chi connectivity index (χ0n) is 13.8. The van der Waals surface area contributed by atoms with Crippen molar-refractivity contribution in [2.45, 2.75) is 63.1 Å². The van der Waals surface area contributed by atoms with Crippen LogP contribution in [0.4, 0.5) is 0 Å². The van der Waals surface area contributed by atoms with Gasteiger partial charge in [-0.05, 0) is 12.8 Å². The van der Waals surface area contributed by atoms with Gasteiger partial charge in [0.15, 0.2) is 0 Å². The van der Waals surface area contributed by atoms with Gasteiger partial charge in [0.1, 0.15) is 0 Å². The van der Waals surface area contributed by atoms with Crippen molar-refractivity contribution in [2.75, 3.05) is 0 Å². The maximum atomic E-state index is 10.1. The van der Waals surface area contributed by atoms with E-state index < -0.39 is 22.7 Å². The zero-order valence-corrected chi connectivity index (χ0v) is 17.5. The van der Waals surface area contributed by atoms with E-state index in [1.165, 1.54) is 12.2 Å². The van der Waals surface area contributed by atoms with Gasteiger partial charge in [0.25, 0.3) is 0 Å². The van der Waals surface area contributed by atoms with Crippen LogP contribution in [-0.2, 0) is 9.59 Å². The Kier molecular flexibility index (Phi) is 24.8. The van der Waals surface area contributed by atoms with Crippen LogP contribution in [0.5, 0.6) is 0 Å². The van der Waals surface area contributed by atoms with Crippen LogP contribution in [0.25, 0.3) is 0 Å². The molecule has 0 aromatic heterocycles. The SMILES string of the molecule is CCCC/C=C/C(Cl)C(=O)[O-].CCCC/C=C/C(Cl)C(=O)[O-].[Ca+2]. The van der Waals surface area contributed by atoms with Gasteiger partial charge in [-0.25, -0.2) is 0 Å². The van der Waals surface area contributed by atoms with Crippen LogP contribution in [0, 0.1) is 0 Å². The molecule has 0 aliphatic carbocycles. The van der Waals surface area contributed by atoms with E-state index in [0.29, 0.717) is 0 Å². The van der Waals surface area contributed by atoms with Gasteiger partial charge in [0.05, 0.1) is 22.7 Å². The van der Waals surface area contributed by atoms with Crippen LogP contribution >= 0.6 is 23.2 Å². The van der Waals surface area contributed by atoms with Crippen molar-refractivity contribution in [3.63, 3.8) is 0 Å². The summed E-state index contributed by atoms with van der Waals surface area (Å²) in [4.78, 5) is 20.1. The topological polar surface area (TPSA) is 80.3 Å². The minimum absolute atomic E-state index is 0. The molecular formula is C16H24CaCl2O4. The van der Waals surface area contributed by atoms with Crippen molar-refractivity contribution < 1.29 is 19.8 Å². The molecule has 0 amide bonds. The fourth-order valence-corrected chi connectivity index (χ4v) is 1.44. The smallest absolute Gasteiger partial charge is 0.548 e. The first kappa shape index (κ1) is 28.1. The monoisotopic (exact) mass is 390 g/mol. The Morgan fingerprint density at radius 1 is 0.870 bits per heavy atom. The average molecular weight is 391 g/mol. The predicted molar refractivity (Wildman–Crippen MR) is 92.4 cm³/mol. The van der Waals surface area contributed by atoms with Crippen LogP contribution in [0.1, 0.15) is 52.4 Å². The summed E-state index contributed by atoms with van der Waals surface area (Å²) in [6.07, 6.45) is 12.5. The second-order valence-corrected chi connectivity index (χ2v) is 5.52. The molecule has 0 bridgehead atoms. The molecule has 0 rings (SSSR count). The van der Waals surface area contributed by atoms with Crippen LogP contribution in [0.3, 0.4) is 0 Å². The third-order valence-corrected chi connectivity index (χ3v) is 3.16. The number of alkyl halides is 2. The molecule has 2 unspecified atom stereocenters. The number of carbonyl (C=O) groups is 2. The molecule has 2 atom stereocenters. The number of carbonyl (C=O) groups excluding carboxylic acids is 2. The number of carboxylic acids is 2. The molecule has 0 radical (unpaired) electrons. The molecule has 4 nitrogen and oxygen atoms in total. The first-order valence-corrected chi connectivity index (χ1v) is 8.27. The summed E-state index contributed by atoms with van der Waals surface area (Å²) in [5.74, 6) is -2.47. The number of hydrogen-bond acceptors (Lipinski definition) is 4. The number of allylic oxidation sites excluding steroid dienone is 2. The fraction of sp³-hybridized carbons (Fsp3) is 0.625.